The fourth-order valence-corrected chi connectivity index (χ4v) is 1.19. The molecule has 1 rings (SSSR count). The molecule has 0 aliphatic carbocycles. The highest BCUT2D eigenvalue weighted by molar-refractivity contribution is 9.10. The molecule has 0 fully saturated rings. The summed E-state index contributed by atoms with van der Waals surface area (Å²) in [5.41, 5.74) is 0.973. The first-order chi connectivity index (χ1) is 6.72. The van der Waals surface area contributed by atoms with Crippen molar-refractivity contribution in [3.8, 4) is 0 Å². The highest BCUT2D eigenvalue weighted by Crippen LogP contribution is 2.11. The molecule has 0 aromatic heterocycles. The quantitative estimate of drug-likeness (QED) is 0.613. The Morgan fingerprint density at radius 2 is 2.07 bits per heavy atom. The Kier molecular flexibility index (Phi) is 4.40. The van der Waals surface area contributed by atoms with Crippen molar-refractivity contribution in [2.45, 2.75) is 6.92 Å². The second-order valence-corrected chi connectivity index (χ2v) is 3.55. The van der Waals surface area contributed by atoms with Gasteiger partial charge in [0.25, 0.3) is 0 Å². The molecule has 0 spiro atoms. The topological polar surface area (TPSA) is 26.3 Å². The van der Waals surface area contributed by atoms with Crippen LogP contribution < -0.4 is 0 Å². The van der Waals surface area contributed by atoms with Gasteiger partial charge >= 0.3 is 5.97 Å². The summed E-state index contributed by atoms with van der Waals surface area (Å²) in [5, 5.41) is 0. The molecule has 0 N–H and O–H groups in total. The number of carbonyl (C=O) groups excluding carboxylic acids is 1. The first-order valence-electron chi connectivity index (χ1n) is 4.33. The van der Waals surface area contributed by atoms with Crippen molar-refractivity contribution in [2.75, 3.05) is 6.61 Å². The molecule has 0 heterocycles. The minimum absolute atomic E-state index is 0.310. The van der Waals surface area contributed by atoms with Crippen LogP contribution in [0.1, 0.15) is 12.5 Å². The zero-order valence-electron chi connectivity index (χ0n) is 7.87. The molecule has 14 heavy (non-hydrogen) atoms. The molecule has 0 aliphatic heterocycles. The van der Waals surface area contributed by atoms with Crippen molar-refractivity contribution in [2.24, 2.45) is 0 Å². The van der Waals surface area contributed by atoms with Gasteiger partial charge < -0.3 is 4.74 Å². The van der Waals surface area contributed by atoms with Crippen LogP contribution in [0.2, 0.25) is 0 Å². The molecule has 0 saturated carbocycles. The van der Waals surface area contributed by atoms with Crippen molar-refractivity contribution in [1.82, 2.24) is 0 Å². The monoisotopic (exact) mass is 254 g/mol. The number of benzene rings is 1. The van der Waals surface area contributed by atoms with Gasteiger partial charge in [0.15, 0.2) is 0 Å². The van der Waals surface area contributed by atoms with Gasteiger partial charge in [-0.2, -0.15) is 0 Å². The summed E-state index contributed by atoms with van der Waals surface area (Å²) in [6.45, 7) is 2.19. The maximum Gasteiger partial charge on any atom is 0.330 e. The molecule has 0 bridgehead atoms. The van der Waals surface area contributed by atoms with E-state index >= 15 is 0 Å². The fraction of sp³-hybridized carbons (Fsp3) is 0.182. The zero-order chi connectivity index (χ0) is 10.4. The lowest BCUT2D eigenvalue weighted by atomic mass is 10.2. The van der Waals surface area contributed by atoms with E-state index in [1.807, 2.05) is 24.3 Å². The molecule has 0 saturated heterocycles. The third kappa shape index (κ3) is 3.75. The Labute approximate surface area is 91.7 Å². The summed E-state index contributed by atoms with van der Waals surface area (Å²) < 4.78 is 5.77. The second kappa shape index (κ2) is 5.60. The van der Waals surface area contributed by atoms with E-state index in [0.717, 1.165) is 10.0 Å². The minimum Gasteiger partial charge on any atom is -0.463 e. The van der Waals surface area contributed by atoms with E-state index < -0.39 is 0 Å². The van der Waals surface area contributed by atoms with Crippen LogP contribution in [0, 0.1) is 0 Å². The molecule has 0 aliphatic rings. The summed E-state index contributed by atoms with van der Waals surface area (Å²) in [4.78, 5) is 11.0. The van der Waals surface area contributed by atoms with E-state index in [4.69, 9.17) is 4.74 Å². The number of carbonyl (C=O) groups is 1. The Hall–Kier alpha value is -1.09. The molecule has 3 heteroatoms. The van der Waals surface area contributed by atoms with Gasteiger partial charge in [0.1, 0.15) is 0 Å². The number of hydrogen-bond acceptors (Lipinski definition) is 2. The number of ether oxygens (including phenoxy) is 1. The Balaban J connectivity index is 2.60. The van der Waals surface area contributed by atoms with E-state index in [2.05, 4.69) is 15.9 Å². The molecule has 1 aromatic rings. The van der Waals surface area contributed by atoms with Gasteiger partial charge in [0, 0.05) is 10.5 Å². The van der Waals surface area contributed by atoms with Crippen molar-refractivity contribution in [3.63, 3.8) is 0 Å². The van der Waals surface area contributed by atoms with E-state index in [9.17, 15) is 4.79 Å². The van der Waals surface area contributed by atoms with Crippen molar-refractivity contribution in [1.29, 1.82) is 0 Å². The summed E-state index contributed by atoms with van der Waals surface area (Å²) in [6, 6.07) is 7.68. The van der Waals surface area contributed by atoms with Crippen molar-refractivity contribution >= 4 is 28.0 Å². The molecule has 0 radical (unpaired) electrons. The molecule has 0 amide bonds. The molecular weight excluding hydrogens is 244 g/mol. The predicted molar refractivity (Wildman–Crippen MR) is 59.8 cm³/mol. The van der Waals surface area contributed by atoms with Crippen LogP contribution >= 0.6 is 15.9 Å². The van der Waals surface area contributed by atoms with E-state index in [0.29, 0.717) is 6.61 Å². The lowest BCUT2D eigenvalue weighted by molar-refractivity contribution is -0.137. The molecule has 2 nitrogen and oxygen atoms in total. The lowest BCUT2D eigenvalue weighted by Gasteiger charge is -1.95. The fourth-order valence-electron chi connectivity index (χ4n) is 0.929. The van der Waals surface area contributed by atoms with Crippen LogP contribution in [0.25, 0.3) is 6.08 Å². The number of hydrogen-bond donors (Lipinski definition) is 0. The molecule has 0 atom stereocenters. The van der Waals surface area contributed by atoms with Crippen LogP contribution in [0.3, 0.4) is 0 Å². The summed E-state index contributed by atoms with van der Waals surface area (Å²) in [7, 11) is 0. The Morgan fingerprint density at radius 3 is 2.64 bits per heavy atom. The lowest BCUT2D eigenvalue weighted by Crippen LogP contribution is -1.98. The van der Waals surface area contributed by atoms with E-state index in [1.54, 1.807) is 13.0 Å². The largest absolute Gasteiger partial charge is 0.463 e. The predicted octanol–water partition coefficient (Wildman–Crippen LogP) is 3.03. The standard InChI is InChI=1S/C11H11BrO2/c1-2-14-11(13)8-5-9-3-6-10(12)7-4-9/h3-8H,2H2,1H3/b8-5-. The Bertz CT molecular complexity index is 328. The van der Waals surface area contributed by atoms with Gasteiger partial charge in [-0.1, -0.05) is 28.1 Å². The summed E-state index contributed by atoms with van der Waals surface area (Å²) in [6.07, 6.45) is 3.15. The van der Waals surface area contributed by atoms with E-state index in [1.165, 1.54) is 6.08 Å². The highest BCUT2D eigenvalue weighted by Gasteiger charge is 1.93. The normalized spacial score (nSPS) is 10.4. The highest BCUT2D eigenvalue weighted by atomic mass is 79.9. The summed E-state index contributed by atoms with van der Waals surface area (Å²) >= 11 is 3.33. The van der Waals surface area contributed by atoms with Crippen LogP contribution in [-0.2, 0) is 9.53 Å². The van der Waals surface area contributed by atoms with Crippen molar-refractivity contribution in [3.05, 3.63) is 40.4 Å². The maximum absolute atomic E-state index is 11.0. The van der Waals surface area contributed by atoms with Crippen LogP contribution in [0.5, 0.6) is 0 Å². The third-order valence-electron chi connectivity index (χ3n) is 1.57. The van der Waals surface area contributed by atoms with Crippen molar-refractivity contribution < 1.29 is 9.53 Å². The van der Waals surface area contributed by atoms with Crippen LogP contribution in [0.15, 0.2) is 34.8 Å². The first-order valence-corrected chi connectivity index (χ1v) is 5.12. The average molecular weight is 255 g/mol. The molecular formula is C11H11BrO2. The molecule has 0 unspecified atom stereocenters. The van der Waals surface area contributed by atoms with Gasteiger partial charge in [-0.3, -0.25) is 0 Å². The third-order valence-corrected chi connectivity index (χ3v) is 2.10. The van der Waals surface area contributed by atoms with Gasteiger partial charge in [0.2, 0.25) is 0 Å². The van der Waals surface area contributed by atoms with Gasteiger partial charge in [-0.25, -0.2) is 4.79 Å². The number of esters is 1. The number of halogens is 1. The molecule has 1 aromatic carbocycles. The SMILES string of the molecule is CCOC(=O)/C=C\c1ccc(Br)cc1. The van der Waals surface area contributed by atoms with E-state index in [-0.39, 0.29) is 5.97 Å². The zero-order valence-corrected chi connectivity index (χ0v) is 9.45. The molecule has 74 valence electrons. The number of rotatable bonds is 3. The second-order valence-electron chi connectivity index (χ2n) is 2.64. The first kappa shape index (κ1) is 11.0. The van der Waals surface area contributed by atoms with Gasteiger partial charge in [-0.05, 0) is 30.7 Å². The maximum atomic E-state index is 11.0. The van der Waals surface area contributed by atoms with Gasteiger partial charge in [0.05, 0.1) is 6.61 Å². The Morgan fingerprint density at radius 1 is 1.43 bits per heavy atom. The minimum atomic E-state index is -0.310. The van der Waals surface area contributed by atoms with Gasteiger partial charge in [-0.15, -0.1) is 0 Å². The summed E-state index contributed by atoms with van der Waals surface area (Å²) in [5.74, 6) is -0.310. The van der Waals surface area contributed by atoms with Crippen LogP contribution in [-0.4, -0.2) is 12.6 Å². The smallest absolute Gasteiger partial charge is 0.330 e. The van der Waals surface area contributed by atoms with Crippen LogP contribution in [0.4, 0.5) is 0 Å². The average Bonchev–Trinajstić information content (AvgIpc) is 2.17.